The van der Waals surface area contributed by atoms with Crippen molar-refractivity contribution in [2.75, 3.05) is 12.4 Å². The molecule has 1 atom stereocenters. The zero-order valence-electron chi connectivity index (χ0n) is 8.70. The fraction of sp³-hybridized carbons (Fsp3) is 0.400. The van der Waals surface area contributed by atoms with E-state index in [2.05, 4.69) is 0 Å². The molecule has 0 aliphatic heterocycles. The Morgan fingerprint density at radius 2 is 2.19 bits per heavy atom. The number of para-hydroxylation sites is 1. The number of hydrogen-bond donors (Lipinski definition) is 2. The van der Waals surface area contributed by atoms with Crippen molar-refractivity contribution >= 4 is 17.4 Å². The second-order valence-corrected chi connectivity index (χ2v) is 4.37. The van der Waals surface area contributed by atoms with Gasteiger partial charge in [0, 0.05) is 24.5 Å². The van der Waals surface area contributed by atoms with Crippen molar-refractivity contribution in [1.82, 2.24) is 0 Å². The molecule has 1 aromatic rings. The Balaban J connectivity index is 2.63. The van der Waals surface area contributed by atoms with Crippen LogP contribution in [0.15, 0.2) is 29.2 Å². The zero-order valence-corrected chi connectivity index (χ0v) is 9.52. The van der Waals surface area contributed by atoms with Gasteiger partial charge in [-0.3, -0.25) is 10.1 Å². The van der Waals surface area contributed by atoms with Crippen LogP contribution in [0.5, 0.6) is 0 Å². The van der Waals surface area contributed by atoms with Gasteiger partial charge in [0.05, 0.1) is 9.82 Å². The maximum atomic E-state index is 10.7. The quantitative estimate of drug-likeness (QED) is 0.447. The Hall–Kier alpha value is -1.11. The molecule has 0 fully saturated rings. The van der Waals surface area contributed by atoms with Gasteiger partial charge in [-0.1, -0.05) is 12.1 Å². The molecule has 1 aromatic carbocycles. The first-order valence-corrected chi connectivity index (χ1v) is 5.86. The number of nitrogens with zero attached hydrogens (tertiary/aromatic N) is 1. The molecule has 16 heavy (non-hydrogen) atoms. The molecule has 5 nitrogen and oxygen atoms in total. The zero-order chi connectivity index (χ0) is 12.0. The number of thioether (sulfide) groups is 1. The highest BCUT2D eigenvalue weighted by atomic mass is 32.2. The minimum atomic E-state index is -0.403. The second-order valence-electron chi connectivity index (χ2n) is 3.31. The molecule has 6 heteroatoms. The summed E-state index contributed by atoms with van der Waals surface area (Å²) >= 11 is 1.35. The molecule has 1 unspecified atom stereocenters. The van der Waals surface area contributed by atoms with Crippen molar-refractivity contribution in [3.05, 3.63) is 34.4 Å². The molecule has 3 N–H and O–H groups in total. The number of rotatable bonds is 6. The third-order valence-electron chi connectivity index (χ3n) is 2.01. The molecule has 0 saturated carbocycles. The molecular formula is C10H14N2O3S. The minimum Gasteiger partial charge on any atom is -0.396 e. The van der Waals surface area contributed by atoms with E-state index in [1.54, 1.807) is 18.2 Å². The maximum Gasteiger partial charge on any atom is 0.282 e. The standard InChI is InChI=1S/C10H14N2O3S/c11-8(5-6-13)7-16-10-4-2-1-3-9(10)12(14)15/h1-4,8,13H,5-7,11H2. The largest absolute Gasteiger partial charge is 0.396 e. The smallest absolute Gasteiger partial charge is 0.282 e. The Labute approximate surface area is 97.8 Å². The van der Waals surface area contributed by atoms with Crippen LogP contribution < -0.4 is 5.73 Å². The van der Waals surface area contributed by atoms with Crippen LogP contribution in [0, 0.1) is 10.1 Å². The highest BCUT2D eigenvalue weighted by Gasteiger charge is 2.13. The number of benzene rings is 1. The van der Waals surface area contributed by atoms with E-state index in [0.717, 1.165) is 0 Å². The lowest BCUT2D eigenvalue weighted by Gasteiger charge is -2.09. The van der Waals surface area contributed by atoms with Crippen LogP contribution >= 0.6 is 11.8 Å². The monoisotopic (exact) mass is 242 g/mol. The molecule has 88 valence electrons. The van der Waals surface area contributed by atoms with Gasteiger partial charge in [-0.15, -0.1) is 11.8 Å². The van der Waals surface area contributed by atoms with E-state index in [1.807, 2.05) is 0 Å². The lowest BCUT2D eigenvalue weighted by Crippen LogP contribution is -2.23. The summed E-state index contributed by atoms with van der Waals surface area (Å²) in [6, 6.07) is 6.42. The molecule has 0 aliphatic rings. The SMILES string of the molecule is NC(CCO)CSc1ccccc1[N+](=O)[O-]. The lowest BCUT2D eigenvalue weighted by atomic mass is 10.3. The van der Waals surface area contributed by atoms with Gasteiger partial charge in [0.25, 0.3) is 5.69 Å². The lowest BCUT2D eigenvalue weighted by molar-refractivity contribution is -0.387. The highest BCUT2D eigenvalue weighted by Crippen LogP contribution is 2.28. The first kappa shape index (κ1) is 13.0. The summed E-state index contributed by atoms with van der Waals surface area (Å²) in [6.07, 6.45) is 0.508. The Morgan fingerprint density at radius 1 is 1.50 bits per heavy atom. The average molecular weight is 242 g/mol. The van der Waals surface area contributed by atoms with Crippen LogP contribution in [0.25, 0.3) is 0 Å². The first-order chi connectivity index (χ1) is 7.65. The van der Waals surface area contributed by atoms with Gasteiger partial charge >= 0.3 is 0 Å². The number of aliphatic hydroxyl groups is 1. The normalized spacial score (nSPS) is 12.4. The van der Waals surface area contributed by atoms with Gasteiger partial charge < -0.3 is 10.8 Å². The predicted molar refractivity (Wildman–Crippen MR) is 63.5 cm³/mol. The Morgan fingerprint density at radius 3 is 2.81 bits per heavy atom. The molecule has 0 radical (unpaired) electrons. The molecule has 0 heterocycles. The van der Waals surface area contributed by atoms with Crippen LogP contribution in [-0.4, -0.2) is 28.4 Å². The fourth-order valence-corrected chi connectivity index (χ4v) is 2.20. The molecule has 0 bridgehead atoms. The average Bonchev–Trinajstić information content (AvgIpc) is 2.27. The summed E-state index contributed by atoms with van der Waals surface area (Å²) in [7, 11) is 0. The van der Waals surface area contributed by atoms with E-state index >= 15 is 0 Å². The van der Waals surface area contributed by atoms with E-state index in [0.29, 0.717) is 17.1 Å². The third-order valence-corrected chi connectivity index (χ3v) is 3.27. The van der Waals surface area contributed by atoms with Crippen LogP contribution in [0.3, 0.4) is 0 Å². The number of nitrogens with two attached hydrogens (primary N) is 1. The first-order valence-electron chi connectivity index (χ1n) is 4.87. The van der Waals surface area contributed by atoms with E-state index in [-0.39, 0.29) is 18.3 Å². The summed E-state index contributed by atoms with van der Waals surface area (Å²) in [5.41, 5.74) is 5.81. The number of nitro groups is 1. The van der Waals surface area contributed by atoms with Crippen molar-refractivity contribution < 1.29 is 10.0 Å². The van der Waals surface area contributed by atoms with Gasteiger partial charge in [-0.2, -0.15) is 0 Å². The molecule has 1 rings (SSSR count). The summed E-state index contributed by atoms with van der Waals surface area (Å²) in [5.74, 6) is 0.561. The predicted octanol–water partition coefficient (Wildman–Crippen LogP) is 1.40. The van der Waals surface area contributed by atoms with Gasteiger partial charge in [-0.25, -0.2) is 0 Å². The van der Waals surface area contributed by atoms with Crippen LogP contribution in [-0.2, 0) is 0 Å². The molecule has 0 saturated heterocycles. The topological polar surface area (TPSA) is 89.4 Å². The van der Waals surface area contributed by atoms with Gasteiger partial charge in [0.15, 0.2) is 0 Å². The van der Waals surface area contributed by atoms with Crippen LogP contribution in [0.4, 0.5) is 5.69 Å². The summed E-state index contributed by atoms with van der Waals surface area (Å²) < 4.78 is 0. The second kappa shape index (κ2) is 6.47. The van der Waals surface area contributed by atoms with Crippen molar-refractivity contribution in [1.29, 1.82) is 0 Å². The Kier molecular flexibility index (Phi) is 5.24. The number of hydrogen-bond acceptors (Lipinski definition) is 5. The summed E-state index contributed by atoms with van der Waals surface area (Å²) in [4.78, 5) is 10.9. The van der Waals surface area contributed by atoms with E-state index < -0.39 is 4.92 Å². The molecule has 0 amide bonds. The van der Waals surface area contributed by atoms with Crippen LogP contribution in [0.1, 0.15) is 6.42 Å². The van der Waals surface area contributed by atoms with Crippen molar-refractivity contribution in [3.63, 3.8) is 0 Å². The van der Waals surface area contributed by atoms with Crippen molar-refractivity contribution in [2.24, 2.45) is 5.73 Å². The van der Waals surface area contributed by atoms with E-state index in [4.69, 9.17) is 10.8 Å². The maximum absolute atomic E-state index is 10.7. The van der Waals surface area contributed by atoms with Crippen molar-refractivity contribution in [2.45, 2.75) is 17.4 Å². The third kappa shape index (κ3) is 3.80. The summed E-state index contributed by atoms with van der Waals surface area (Å²) in [6.45, 7) is 0.0403. The van der Waals surface area contributed by atoms with Crippen molar-refractivity contribution in [3.8, 4) is 0 Å². The number of aliphatic hydroxyl groups excluding tert-OH is 1. The summed E-state index contributed by atoms with van der Waals surface area (Å²) in [5, 5.41) is 19.4. The minimum absolute atomic E-state index is 0.0403. The fourth-order valence-electron chi connectivity index (χ4n) is 1.18. The van der Waals surface area contributed by atoms with Gasteiger partial charge in [-0.05, 0) is 12.5 Å². The molecule has 0 aliphatic carbocycles. The van der Waals surface area contributed by atoms with Crippen LogP contribution in [0.2, 0.25) is 0 Å². The number of nitro benzene ring substituents is 1. The Bertz CT molecular complexity index is 360. The molecular weight excluding hydrogens is 228 g/mol. The van der Waals surface area contributed by atoms with Gasteiger partial charge in [0.2, 0.25) is 0 Å². The van der Waals surface area contributed by atoms with E-state index in [1.165, 1.54) is 17.8 Å². The highest BCUT2D eigenvalue weighted by molar-refractivity contribution is 7.99. The van der Waals surface area contributed by atoms with E-state index in [9.17, 15) is 10.1 Å². The molecule has 0 aromatic heterocycles. The molecule has 0 spiro atoms. The van der Waals surface area contributed by atoms with Gasteiger partial charge in [0.1, 0.15) is 0 Å².